The molecule has 1 aromatic heterocycles. The van der Waals surface area contributed by atoms with E-state index in [0.717, 1.165) is 0 Å². The number of hydrogen-bond donors (Lipinski definition) is 0. The predicted octanol–water partition coefficient (Wildman–Crippen LogP) is 2.51. The van der Waals surface area contributed by atoms with E-state index < -0.39 is 0 Å². The van der Waals surface area contributed by atoms with Crippen LogP contribution >= 0.6 is 35.0 Å². The first-order valence-corrected chi connectivity index (χ1v) is 4.44. The van der Waals surface area contributed by atoms with Crippen LogP contribution in [-0.2, 0) is 0 Å². The number of halogens is 2. The van der Waals surface area contributed by atoms with Gasteiger partial charge in [-0.1, -0.05) is 11.6 Å². The van der Waals surface area contributed by atoms with Crippen LogP contribution in [0.5, 0.6) is 0 Å². The van der Waals surface area contributed by atoms with E-state index in [4.69, 9.17) is 23.2 Å². The van der Waals surface area contributed by atoms with E-state index in [1.54, 1.807) is 0 Å². The van der Waals surface area contributed by atoms with Crippen LogP contribution in [0, 0.1) is 37.7 Å². The molecule has 0 aliphatic carbocycles. The minimum atomic E-state index is 0. The van der Waals surface area contributed by atoms with Crippen molar-refractivity contribution in [3.05, 3.63) is 16.5 Å². The molecule has 0 fully saturated rings. The summed E-state index contributed by atoms with van der Waals surface area (Å²) in [5.41, 5.74) is 0. The van der Waals surface area contributed by atoms with Gasteiger partial charge in [0, 0.05) is 37.7 Å². The number of rotatable bonds is 1. The normalized spacial score (nSPS) is 9.00. The van der Waals surface area contributed by atoms with Crippen molar-refractivity contribution >= 4 is 35.0 Å². The SMILES string of the molecule is CSc1nc(Cl)ncc1Cl.[Ar]. The fourth-order valence-electron chi connectivity index (χ4n) is 0.474. The summed E-state index contributed by atoms with van der Waals surface area (Å²) in [6.07, 6.45) is 3.37. The molecule has 0 saturated heterocycles. The maximum atomic E-state index is 5.69. The van der Waals surface area contributed by atoms with Crippen molar-refractivity contribution in [1.29, 1.82) is 0 Å². The summed E-state index contributed by atoms with van der Waals surface area (Å²) in [5.74, 6) is 0. The Morgan fingerprint density at radius 2 is 2.09 bits per heavy atom. The third-order valence-corrected chi connectivity index (χ3v) is 2.14. The van der Waals surface area contributed by atoms with Crippen molar-refractivity contribution < 1.29 is 37.7 Å². The van der Waals surface area contributed by atoms with Crippen LogP contribution in [0.2, 0.25) is 10.3 Å². The summed E-state index contributed by atoms with van der Waals surface area (Å²) in [6.45, 7) is 0. The van der Waals surface area contributed by atoms with Gasteiger partial charge in [-0.05, 0) is 17.9 Å². The Balaban J connectivity index is 0.000001000. The van der Waals surface area contributed by atoms with Crippen LogP contribution in [0.15, 0.2) is 11.2 Å². The third-order valence-electron chi connectivity index (χ3n) is 0.876. The monoisotopic (exact) mass is 234 g/mol. The number of aromatic nitrogens is 2. The predicted molar refractivity (Wildman–Crippen MR) is 43.8 cm³/mol. The molecule has 1 aromatic rings. The van der Waals surface area contributed by atoms with Crippen LogP contribution in [0.1, 0.15) is 0 Å². The standard InChI is InChI=1S/C5H4Cl2N2S.Ar/c1-10-4-3(6)2-8-5(7)9-4;/h2H,1H3;. The molecular formula is C5H4ArCl2N2S. The van der Waals surface area contributed by atoms with Gasteiger partial charge in [-0.3, -0.25) is 0 Å². The summed E-state index contributed by atoms with van der Waals surface area (Å²) >= 11 is 12.6. The van der Waals surface area contributed by atoms with Gasteiger partial charge in [0.05, 0.1) is 11.2 Å². The Morgan fingerprint density at radius 1 is 1.45 bits per heavy atom. The molecule has 0 unspecified atom stereocenters. The maximum absolute atomic E-state index is 5.69. The number of thioether (sulfide) groups is 1. The second-order valence-corrected chi connectivity index (χ2v) is 3.04. The van der Waals surface area contributed by atoms with E-state index in [0.29, 0.717) is 10.0 Å². The smallest absolute Gasteiger partial charge is 0.223 e. The zero-order valence-corrected chi connectivity index (χ0v) is 8.52. The van der Waals surface area contributed by atoms with Gasteiger partial charge < -0.3 is 0 Å². The molecule has 0 spiro atoms. The molecule has 6 heteroatoms. The Kier molecular flexibility index (Phi) is 6.51. The summed E-state index contributed by atoms with van der Waals surface area (Å²) in [7, 11) is 0. The molecule has 1 heterocycles. The van der Waals surface area contributed by atoms with Crippen LogP contribution in [0.4, 0.5) is 0 Å². The van der Waals surface area contributed by atoms with Gasteiger partial charge in [0.15, 0.2) is 0 Å². The molecule has 0 aliphatic rings. The Bertz CT molecular complexity index is 246. The molecule has 0 amide bonds. The second-order valence-electron chi connectivity index (χ2n) is 1.50. The summed E-state index contributed by atoms with van der Waals surface area (Å²) in [6, 6.07) is 0. The Labute approximate surface area is 109 Å². The molecular weight excluding hydrogens is 231 g/mol. The van der Waals surface area contributed by atoms with Crippen LogP contribution < -0.4 is 0 Å². The molecule has 11 heavy (non-hydrogen) atoms. The zero-order valence-electron chi connectivity index (χ0n) is 5.49. The van der Waals surface area contributed by atoms with Gasteiger partial charge in [-0.25, -0.2) is 9.97 Å². The van der Waals surface area contributed by atoms with Gasteiger partial charge in [-0.2, -0.15) is 0 Å². The Hall–Kier alpha value is 1.27. The summed E-state index contributed by atoms with van der Waals surface area (Å²) in [4.78, 5) is 7.57. The first-order valence-electron chi connectivity index (χ1n) is 2.46. The fourth-order valence-corrected chi connectivity index (χ4v) is 1.41. The van der Waals surface area contributed by atoms with Gasteiger partial charge in [0.25, 0.3) is 0 Å². The average molecular weight is 235 g/mol. The van der Waals surface area contributed by atoms with E-state index >= 15 is 0 Å². The van der Waals surface area contributed by atoms with Gasteiger partial charge in [0.1, 0.15) is 5.03 Å². The van der Waals surface area contributed by atoms with Crippen molar-refractivity contribution in [2.24, 2.45) is 0 Å². The van der Waals surface area contributed by atoms with Crippen LogP contribution in [0.25, 0.3) is 0 Å². The van der Waals surface area contributed by atoms with E-state index in [-0.39, 0.29) is 43.0 Å². The first kappa shape index (κ1) is 12.3. The van der Waals surface area contributed by atoms with E-state index in [1.165, 1.54) is 18.0 Å². The van der Waals surface area contributed by atoms with Crippen LogP contribution in [-0.4, -0.2) is 16.2 Å². The average Bonchev–Trinajstić information content (AvgIpc) is 1.94. The maximum Gasteiger partial charge on any atom is 0.223 e. The van der Waals surface area contributed by atoms with Crippen molar-refractivity contribution in [3.63, 3.8) is 0 Å². The fraction of sp³-hybridized carbons (Fsp3) is 0.200. The molecule has 0 aliphatic heterocycles. The summed E-state index contributed by atoms with van der Waals surface area (Å²) < 4.78 is 0. The minimum Gasteiger partial charge on any atom is -0.225 e. The van der Waals surface area contributed by atoms with Crippen LogP contribution in [0.3, 0.4) is 0 Å². The van der Waals surface area contributed by atoms with Crippen molar-refractivity contribution in [1.82, 2.24) is 9.97 Å². The molecule has 0 atom stereocenters. The van der Waals surface area contributed by atoms with E-state index in [1.807, 2.05) is 6.26 Å². The quantitative estimate of drug-likeness (QED) is 0.425. The second kappa shape index (κ2) is 5.84. The van der Waals surface area contributed by atoms with Crippen molar-refractivity contribution in [2.75, 3.05) is 6.26 Å². The molecule has 0 bridgehead atoms. The molecule has 0 aromatic carbocycles. The molecule has 62 valence electrons. The van der Waals surface area contributed by atoms with E-state index in [9.17, 15) is 0 Å². The zero-order chi connectivity index (χ0) is 7.56. The third kappa shape index (κ3) is 3.66. The van der Waals surface area contributed by atoms with Gasteiger partial charge in [-0.15, -0.1) is 11.8 Å². The number of nitrogens with zero attached hydrogens (tertiary/aromatic N) is 2. The van der Waals surface area contributed by atoms with Gasteiger partial charge in [0.2, 0.25) is 5.28 Å². The summed E-state index contributed by atoms with van der Waals surface area (Å²) in [5, 5.41) is 1.48. The minimum absolute atomic E-state index is 0. The molecule has 1 rings (SSSR count). The number of hydrogen-bond acceptors (Lipinski definition) is 3. The largest absolute Gasteiger partial charge is 0.225 e. The van der Waals surface area contributed by atoms with Gasteiger partial charge >= 0.3 is 0 Å². The van der Waals surface area contributed by atoms with E-state index in [2.05, 4.69) is 9.97 Å². The molecule has 0 N–H and O–H groups in total. The Morgan fingerprint density at radius 3 is 2.55 bits per heavy atom. The van der Waals surface area contributed by atoms with Crippen molar-refractivity contribution in [3.8, 4) is 0 Å². The topological polar surface area (TPSA) is 25.8 Å². The first-order chi connectivity index (χ1) is 4.74. The molecule has 0 radical (unpaired) electrons. The molecule has 0 saturated carbocycles. The molecule has 2 nitrogen and oxygen atoms in total. The van der Waals surface area contributed by atoms with Crippen molar-refractivity contribution in [2.45, 2.75) is 5.03 Å².